The minimum absolute atomic E-state index is 0.154. The van der Waals surface area contributed by atoms with Crippen molar-refractivity contribution >= 4 is 46.5 Å². The zero-order valence-corrected chi connectivity index (χ0v) is 30.5. The van der Waals surface area contributed by atoms with Gasteiger partial charge in [0.1, 0.15) is 11.8 Å². The Bertz CT molecular complexity index is 1520. The second-order valence-electron chi connectivity index (χ2n) is 13.3. The van der Waals surface area contributed by atoms with E-state index in [1.807, 2.05) is 62.4 Å². The number of fused-ring (bicyclic) bond motifs is 1. The maximum absolute atomic E-state index is 15.1. The van der Waals surface area contributed by atoms with Gasteiger partial charge in [-0.1, -0.05) is 19.1 Å². The summed E-state index contributed by atoms with van der Waals surface area (Å²) in [6.07, 6.45) is 5.18. The molecule has 0 radical (unpaired) electrons. The molecule has 9 nitrogen and oxygen atoms in total. The number of amides is 3. The van der Waals surface area contributed by atoms with E-state index >= 15 is 4.79 Å². The number of carbonyl (C=O) groups excluding carboxylic acids is 3. The Kier molecular flexibility index (Phi) is 11.2. The zero-order chi connectivity index (χ0) is 35.5. The normalized spacial score (nSPS) is 25.9. The lowest BCUT2D eigenvalue weighted by Gasteiger charge is -2.39. The molecule has 3 heterocycles. The molecule has 3 saturated heterocycles. The lowest BCUT2D eigenvalue weighted by molar-refractivity contribution is -0.142. The molecule has 3 amide bonds. The van der Waals surface area contributed by atoms with Crippen LogP contribution in [0.3, 0.4) is 0 Å². The van der Waals surface area contributed by atoms with Gasteiger partial charge in [0, 0.05) is 48.0 Å². The standard InChI is InChI=1S/C39H52N4O5S/c1-8-24-41(30-18-20-31(21-19-30)48-13-6)35(45)32-33-36(46)43(27(10-3)26-44)34(39(33)23-22-38(32,7)49-39)37(47)42(25-9-2)29-16-14-28(15-17-29)40(11-4)12-5/h8-9,14-21,27,32-34,44H,1-2,10-13,22-26H2,3-7H3/t27-,32+,33-,34?,38-,39?/m0/s1. The number of aliphatic hydroxyl groups is 1. The average molecular weight is 689 g/mol. The van der Waals surface area contributed by atoms with Crippen molar-refractivity contribution in [2.24, 2.45) is 11.8 Å². The number of rotatable bonds is 16. The van der Waals surface area contributed by atoms with Crippen molar-refractivity contribution in [3.05, 3.63) is 73.8 Å². The third-order valence-electron chi connectivity index (χ3n) is 10.7. The first kappa shape index (κ1) is 36.5. The minimum Gasteiger partial charge on any atom is -0.494 e. The number of hydrogen-bond acceptors (Lipinski definition) is 7. The van der Waals surface area contributed by atoms with Crippen molar-refractivity contribution < 1.29 is 24.2 Å². The lowest BCUT2D eigenvalue weighted by Crippen LogP contribution is -2.57. The molecule has 2 unspecified atom stereocenters. The van der Waals surface area contributed by atoms with Gasteiger partial charge in [-0.05, 0) is 95.5 Å². The Labute approximate surface area is 296 Å². The third kappa shape index (κ3) is 6.27. The summed E-state index contributed by atoms with van der Waals surface area (Å²) in [6.45, 7) is 20.5. The molecule has 3 aliphatic rings. The molecule has 3 fully saturated rings. The van der Waals surface area contributed by atoms with E-state index in [1.165, 1.54) is 0 Å². The number of nitrogens with zero attached hydrogens (tertiary/aromatic N) is 4. The number of aliphatic hydroxyl groups excluding tert-OH is 1. The third-order valence-corrected chi connectivity index (χ3v) is 12.7. The van der Waals surface area contributed by atoms with Crippen LogP contribution in [0.4, 0.5) is 17.1 Å². The Balaban J connectivity index is 1.57. The first-order valence-corrected chi connectivity index (χ1v) is 18.5. The molecule has 264 valence electrons. The van der Waals surface area contributed by atoms with Crippen LogP contribution in [0, 0.1) is 11.8 Å². The zero-order valence-electron chi connectivity index (χ0n) is 29.6. The van der Waals surface area contributed by atoms with Gasteiger partial charge in [-0.2, -0.15) is 0 Å². The summed E-state index contributed by atoms with van der Waals surface area (Å²) in [5, 5.41) is 10.6. The SMILES string of the molecule is C=CCN(C(=O)C1N([C@@H](CC)CO)C(=O)[C@@H]2[C@H](C(=O)N(CC=C)c3ccc(OCC)cc3)[C@]3(C)CCC12S3)c1ccc(N(CC)CC)cc1. The first-order valence-electron chi connectivity index (χ1n) is 17.6. The van der Waals surface area contributed by atoms with Crippen molar-refractivity contribution in [2.75, 3.05) is 54.1 Å². The van der Waals surface area contributed by atoms with E-state index in [2.05, 4.69) is 38.8 Å². The number of anilines is 3. The Morgan fingerprint density at radius 3 is 2.00 bits per heavy atom. The lowest BCUT2D eigenvalue weighted by atomic mass is 9.66. The molecular weight excluding hydrogens is 637 g/mol. The van der Waals surface area contributed by atoms with Crippen LogP contribution in [0.5, 0.6) is 5.75 Å². The summed E-state index contributed by atoms with van der Waals surface area (Å²) < 4.78 is 4.25. The van der Waals surface area contributed by atoms with Gasteiger partial charge in [0.05, 0.1) is 35.8 Å². The molecule has 2 aromatic rings. The van der Waals surface area contributed by atoms with Crippen LogP contribution in [-0.4, -0.2) is 88.7 Å². The highest BCUT2D eigenvalue weighted by Gasteiger charge is 2.78. The summed E-state index contributed by atoms with van der Waals surface area (Å²) in [7, 11) is 0. The van der Waals surface area contributed by atoms with Gasteiger partial charge in [-0.15, -0.1) is 24.9 Å². The van der Waals surface area contributed by atoms with E-state index in [1.54, 1.807) is 38.6 Å². The smallest absolute Gasteiger partial charge is 0.251 e. The maximum Gasteiger partial charge on any atom is 0.251 e. The van der Waals surface area contributed by atoms with Crippen LogP contribution in [-0.2, 0) is 14.4 Å². The number of ether oxygens (including phenoxy) is 1. The number of thioether (sulfide) groups is 1. The number of likely N-dealkylation sites (tertiary alicyclic amines) is 1. The molecule has 0 aliphatic carbocycles. The highest BCUT2D eigenvalue weighted by atomic mass is 32.2. The van der Waals surface area contributed by atoms with Crippen LogP contribution < -0.4 is 19.4 Å². The molecule has 10 heteroatoms. The second kappa shape index (κ2) is 15.0. The minimum atomic E-state index is -0.854. The summed E-state index contributed by atoms with van der Waals surface area (Å²) in [5.74, 6) is -1.26. The molecule has 5 rings (SSSR count). The van der Waals surface area contributed by atoms with Crippen LogP contribution in [0.2, 0.25) is 0 Å². The van der Waals surface area contributed by atoms with Gasteiger partial charge in [0.25, 0.3) is 5.91 Å². The summed E-state index contributed by atoms with van der Waals surface area (Å²) >= 11 is 1.64. The van der Waals surface area contributed by atoms with E-state index in [9.17, 15) is 14.7 Å². The largest absolute Gasteiger partial charge is 0.494 e. The van der Waals surface area contributed by atoms with Crippen molar-refractivity contribution in [1.82, 2.24) is 4.90 Å². The molecule has 1 spiro atoms. The summed E-state index contributed by atoms with van der Waals surface area (Å²) in [4.78, 5) is 52.0. The molecule has 0 aromatic heterocycles. The number of benzene rings is 2. The Morgan fingerprint density at radius 1 is 0.939 bits per heavy atom. The monoisotopic (exact) mass is 688 g/mol. The van der Waals surface area contributed by atoms with Crippen LogP contribution in [0.25, 0.3) is 0 Å². The van der Waals surface area contributed by atoms with E-state index < -0.39 is 33.4 Å². The molecule has 6 atom stereocenters. The Morgan fingerprint density at radius 2 is 1.49 bits per heavy atom. The Hall–Kier alpha value is -3.76. The second-order valence-corrected chi connectivity index (χ2v) is 15.2. The highest BCUT2D eigenvalue weighted by Crippen LogP contribution is 2.72. The van der Waals surface area contributed by atoms with Gasteiger partial charge in [-0.25, -0.2) is 0 Å². The van der Waals surface area contributed by atoms with Crippen molar-refractivity contribution in [3.8, 4) is 5.75 Å². The highest BCUT2D eigenvalue weighted by molar-refractivity contribution is 8.02. The van der Waals surface area contributed by atoms with Crippen molar-refractivity contribution in [1.29, 1.82) is 0 Å². The van der Waals surface area contributed by atoms with E-state index in [0.717, 1.165) is 18.8 Å². The van der Waals surface area contributed by atoms with Crippen molar-refractivity contribution in [2.45, 2.75) is 75.5 Å². The quantitative estimate of drug-likeness (QED) is 0.219. The predicted molar refractivity (Wildman–Crippen MR) is 199 cm³/mol. The predicted octanol–water partition coefficient (Wildman–Crippen LogP) is 5.92. The summed E-state index contributed by atoms with van der Waals surface area (Å²) in [5.41, 5.74) is 2.48. The number of hydrogen-bond donors (Lipinski definition) is 1. The van der Waals surface area contributed by atoms with Gasteiger partial charge in [-0.3, -0.25) is 14.4 Å². The molecule has 2 bridgehead atoms. The topological polar surface area (TPSA) is 93.6 Å². The van der Waals surface area contributed by atoms with Gasteiger partial charge >= 0.3 is 0 Å². The summed E-state index contributed by atoms with van der Waals surface area (Å²) in [6, 6.07) is 13.9. The van der Waals surface area contributed by atoms with Crippen LogP contribution >= 0.6 is 11.8 Å². The van der Waals surface area contributed by atoms with Crippen molar-refractivity contribution in [3.63, 3.8) is 0 Å². The van der Waals surface area contributed by atoms with Gasteiger partial charge < -0.3 is 29.4 Å². The van der Waals surface area contributed by atoms with Gasteiger partial charge in [0.15, 0.2) is 0 Å². The molecular formula is C39H52N4O5S. The molecule has 2 aromatic carbocycles. The fourth-order valence-corrected chi connectivity index (χ4v) is 10.7. The van der Waals surface area contributed by atoms with Crippen LogP contribution in [0.1, 0.15) is 53.9 Å². The van der Waals surface area contributed by atoms with Crippen LogP contribution in [0.15, 0.2) is 73.8 Å². The molecule has 0 saturated carbocycles. The van der Waals surface area contributed by atoms with E-state index in [0.29, 0.717) is 43.0 Å². The molecule has 1 N–H and O–H groups in total. The number of carbonyl (C=O) groups is 3. The van der Waals surface area contributed by atoms with Gasteiger partial charge in [0.2, 0.25) is 11.8 Å². The fraction of sp³-hybridized carbons (Fsp3) is 0.513. The van der Waals surface area contributed by atoms with E-state index in [-0.39, 0.29) is 37.4 Å². The molecule has 3 aliphatic heterocycles. The fourth-order valence-electron chi connectivity index (χ4n) is 8.37. The molecule has 49 heavy (non-hydrogen) atoms. The average Bonchev–Trinajstić information content (AvgIpc) is 3.68. The first-order chi connectivity index (χ1) is 23.6. The maximum atomic E-state index is 15.1. The van der Waals surface area contributed by atoms with E-state index in [4.69, 9.17) is 4.74 Å².